The molecule has 6 atom stereocenters. The molecule has 3 aliphatic heterocycles. The van der Waals surface area contributed by atoms with E-state index in [9.17, 15) is 67.1 Å². The number of ether oxygens (including phenoxy) is 2. The lowest BCUT2D eigenvalue weighted by Crippen LogP contribution is -2.61. The van der Waals surface area contributed by atoms with Crippen LogP contribution in [-0.4, -0.2) is 213 Å². The highest BCUT2D eigenvalue weighted by atomic mass is 16.5. The number of nitrogens with zero attached hydrogens (tertiary/aromatic N) is 6. The van der Waals surface area contributed by atoms with Crippen molar-refractivity contribution in [3.05, 3.63) is 239 Å². The predicted octanol–water partition coefficient (Wildman–Crippen LogP) is 15.3. The normalized spacial score (nSPS) is 15.0. The second kappa shape index (κ2) is 55.7. The van der Waals surface area contributed by atoms with Gasteiger partial charge in [0, 0.05) is 97.2 Å². The number of esters is 2. The van der Waals surface area contributed by atoms with E-state index in [1.54, 1.807) is 135 Å². The number of aliphatic imine (C=N–C) groups is 1. The van der Waals surface area contributed by atoms with E-state index in [-0.39, 0.29) is 134 Å². The van der Waals surface area contributed by atoms with Crippen LogP contribution in [0.25, 0.3) is 0 Å². The van der Waals surface area contributed by atoms with Crippen molar-refractivity contribution in [3.63, 3.8) is 0 Å². The van der Waals surface area contributed by atoms with Gasteiger partial charge >= 0.3 is 47.9 Å². The number of hydrogen-bond acceptors (Lipinski definition) is 19. The molecule has 0 aliphatic carbocycles. The zero-order valence-electron chi connectivity index (χ0n) is 79.6. The zero-order valence-corrected chi connectivity index (χ0v) is 79.6. The SMILES string of the molecule is COC(=O)CC(C)N1CCN(C(=O)Cc2ccc(NC(=O)Nc3ccccc3C)cc2)C(CC(C)C)C1=O.COC(=O)CC(C)N1CCNC(CC(C)C)C1=O.Cc1ccccc1N=C=O.Cc1ccccc1NC(=O)Nc1ccc(CC(=O)N2CCN(C(C)CC(=O)O)C(=O)C2CC(C)C)cc1.Cc1ccccc1NC(=O)Nc1ccc(CC(=O)O)cc1.Nc1ccc(CC(=O)O)cc1. The molecule has 135 heavy (non-hydrogen) atoms. The smallest absolute Gasteiger partial charge is 0.323 e. The van der Waals surface area contributed by atoms with Gasteiger partial charge in [-0.05, 0) is 203 Å². The molecule has 3 saturated heterocycles. The van der Waals surface area contributed by atoms with Crippen molar-refractivity contribution in [2.24, 2.45) is 22.7 Å². The quantitative estimate of drug-likeness (QED) is 0.00862. The summed E-state index contributed by atoms with van der Waals surface area (Å²) in [5.41, 5.74) is 17.7. The fourth-order valence-corrected chi connectivity index (χ4v) is 14.9. The van der Waals surface area contributed by atoms with Crippen LogP contribution in [0, 0.1) is 45.4 Å². The summed E-state index contributed by atoms with van der Waals surface area (Å²) in [5.74, 6) is -2.91. The van der Waals surface area contributed by atoms with Gasteiger partial charge in [0.1, 0.15) is 12.1 Å². The van der Waals surface area contributed by atoms with Gasteiger partial charge in [0.15, 0.2) is 0 Å². The lowest BCUT2D eigenvalue weighted by molar-refractivity contribution is -0.155. The molecular weight excluding hydrogens is 1730 g/mol. The Morgan fingerprint density at radius 1 is 0.400 bits per heavy atom. The second-order valence-electron chi connectivity index (χ2n) is 34.4. The number of carbonyl (C=O) groups excluding carboxylic acids is 11. The Morgan fingerprint density at radius 3 is 1.04 bits per heavy atom. The van der Waals surface area contributed by atoms with Crippen LogP contribution in [0.4, 0.5) is 59.9 Å². The number of amides is 11. The monoisotopic (exact) mass is 1850 g/mol. The summed E-state index contributed by atoms with van der Waals surface area (Å²) in [6.45, 7) is 28.2. The average Bonchev–Trinajstić information content (AvgIpc) is 0.800. The van der Waals surface area contributed by atoms with Gasteiger partial charge in [0.25, 0.3) is 0 Å². The molecule has 33 heteroatoms. The first kappa shape index (κ1) is 109. The van der Waals surface area contributed by atoms with Crippen LogP contribution in [-0.2, 0) is 87.9 Å². The maximum atomic E-state index is 13.4. The van der Waals surface area contributed by atoms with E-state index in [1.165, 1.54) is 20.3 Å². The highest BCUT2D eigenvalue weighted by Crippen LogP contribution is 2.28. The minimum Gasteiger partial charge on any atom is -0.481 e. The van der Waals surface area contributed by atoms with Gasteiger partial charge in [-0.1, -0.05) is 163 Å². The third-order valence-corrected chi connectivity index (χ3v) is 22.1. The van der Waals surface area contributed by atoms with Crippen LogP contribution in [0.2, 0.25) is 0 Å². The fraction of sp³-hybridized carbons (Fsp3) is 0.392. The van der Waals surface area contributed by atoms with Gasteiger partial charge in [0.2, 0.25) is 35.6 Å². The molecule has 722 valence electrons. The summed E-state index contributed by atoms with van der Waals surface area (Å²) in [6, 6.07) is 54.4. The molecule has 0 spiro atoms. The Morgan fingerprint density at radius 2 is 0.719 bits per heavy atom. The number of aliphatic carboxylic acids is 3. The standard InChI is InChI=1S/C29H38N4O5.C28H36N4O5.C16H16N2O3.C13H24N2O3.C8H9NO2.C8H7NO/c1-19(2)16-25-28(36)32(21(4)17-27(35)38-5)14-15-33(25)26(34)18-22-10-12-23(13-11-22)30-29(37)31-24-9-7-6-8-20(24)3;1-18(2)15-24-27(36)31(20(4)16-26(34)35)13-14-32(24)25(33)17-21-9-11-22(12-10-21)29-28(37)30-23-8-6-5-7-19(23)3;1-11-4-2-3-5-14(11)18-16(21)17-13-8-6-12(7-9-13)10-15(19)20;1-9(2)7-11-13(17)15(6-5-14-11)10(3)8-12(16)18-4;9-7-3-1-6(2-4-7)5-8(10)11;1-7-4-2-3-5-8(7)9-6-10/h6-13,19,21,25H,14-18H2,1-5H3,(H2,30,31,37);5-12,18,20,24H,13-17H2,1-4H3,(H,34,35)(H2,29,30,37);2-9H,10H2,1H3,(H,19,20)(H2,17,18,21);9-11,14H,5-8H2,1-4H3;1-4H,5,9H2,(H,10,11);2-5H,1H3. The first-order valence-corrected chi connectivity index (χ1v) is 44.8. The van der Waals surface area contributed by atoms with E-state index < -0.39 is 36.0 Å². The molecule has 3 fully saturated rings. The van der Waals surface area contributed by atoms with E-state index in [2.05, 4.69) is 60.8 Å². The zero-order chi connectivity index (χ0) is 99.5. The number of benzene rings is 8. The molecule has 0 bridgehead atoms. The number of carboxylic acid groups (broad SMARTS) is 3. The largest absolute Gasteiger partial charge is 0.481 e. The van der Waals surface area contributed by atoms with Gasteiger partial charge in [-0.3, -0.25) is 47.9 Å². The molecule has 0 saturated carbocycles. The van der Waals surface area contributed by atoms with Crippen molar-refractivity contribution in [3.8, 4) is 0 Å². The summed E-state index contributed by atoms with van der Waals surface area (Å²) in [4.78, 5) is 179. The van der Waals surface area contributed by atoms with Gasteiger partial charge in [0.05, 0.1) is 70.9 Å². The van der Waals surface area contributed by atoms with Crippen molar-refractivity contribution in [1.29, 1.82) is 0 Å². The number of urea groups is 3. The molecule has 8 aromatic carbocycles. The Bertz CT molecular complexity index is 5340. The number of nitrogens with one attached hydrogen (secondary N) is 7. The topological polar surface area (TPSA) is 457 Å². The Kier molecular flexibility index (Phi) is 45.0. The fourth-order valence-electron chi connectivity index (χ4n) is 14.9. The van der Waals surface area contributed by atoms with Crippen molar-refractivity contribution >= 4 is 129 Å². The third-order valence-electron chi connectivity index (χ3n) is 22.1. The van der Waals surface area contributed by atoms with E-state index in [0.29, 0.717) is 85.5 Å². The number of nitrogen functional groups attached to an aromatic ring is 1. The molecule has 33 nitrogen and oxygen atoms in total. The third kappa shape index (κ3) is 37.9. The minimum absolute atomic E-state index is 0.0321. The predicted molar refractivity (Wildman–Crippen MR) is 521 cm³/mol. The average molecular weight is 1860 g/mol. The maximum absolute atomic E-state index is 13.4. The summed E-state index contributed by atoms with van der Waals surface area (Å²) in [6.07, 6.45) is 3.94. The molecule has 11 amide bonds. The number of anilines is 7. The first-order chi connectivity index (χ1) is 64.1. The first-order valence-electron chi connectivity index (χ1n) is 44.8. The van der Waals surface area contributed by atoms with Gasteiger partial charge in [-0.25, -0.2) is 19.2 Å². The summed E-state index contributed by atoms with van der Waals surface area (Å²) in [5, 5.41) is 46.2. The number of carboxylic acids is 3. The highest BCUT2D eigenvalue weighted by Gasteiger charge is 2.42. The number of isocyanates is 1. The minimum atomic E-state index is -0.954. The summed E-state index contributed by atoms with van der Waals surface area (Å²) < 4.78 is 9.40. The van der Waals surface area contributed by atoms with Crippen LogP contribution >= 0.6 is 0 Å². The molecule has 3 heterocycles. The molecule has 0 radical (unpaired) electrons. The van der Waals surface area contributed by atoms with E-state index in [4.69, 9.17) is 25.8 Å². The van der Waals surface area contributed by atoms with Crippen LogP contribution in [0.15, 0.2) is 199 Å². The molecule has 3 aliphatic rings. The number of nitrogens with two attached hydrogens (primary N) is 1. The molecule has 11 rings (SSSR count). The number of piperazine rings is 3. The summed E-state index contributed by atoms with van der Waals surface area (Å²) >= 11 is 0. The summed E-state index contributed by atoms with van der Waals surface area (Å²) in [7, 11) is 2.70. The Balaban J connectivity index is 0.000000265. The number of methoxy groups -OCH3 is 2. The second-order valence-corrected chi connectivity index (χ2v) is 34.4. The van der Waals surface area contributed by atoms with Crippen molar-refractivity contribution < 1.29 is 91.9 Å². The van der Waals surface area contributed by atoms with Crippen LogP contribution in [0.1, 0.15) is 145 Å². The number of rotatable bonds is 30. The molecule has 0 aromatic heterocycles. The van der Waals surface area contributed by atoms with Gasteiger partial charge < -0.3 is 92.2 Å². The molecule has 12 N–H and O–H groups in total. The van der Waals surface area contributed by atoms with Gasteiger partial charge in [-0.2, -0.15) is 4.99 Å². The molecule has 8 aromatic rings. The highest BCUT2D eigenvalue weighted by molar-refractivity contribution is 6.02. The lowest BCUT2D eigenvalue weighted by Gasteiger charge is -2.43. The van der Waals surface area contributed by atoms with Crippen molar-refractivity contribution in [2.75, 3.05) is 91.1 Å². The van der Waals surface area contributed by atoms with Crippen LogP contribution < -0.4 is 43.0 Å². The number of hydrogen-bond donors (Lipinski definition) is 11. The van der Waals surface area contributed by atoms with Gasteiger partial charge in [-0.15, -0.1) is 0 Å². The van der Waals surface area contributed by atoms with E-state index >= 15 is 0 Å². The van der Waals surface area contributed by atoms with Crippen molar-refractivity contribution in [1.82, 2.24) is 29.8 Å². The van der Waals surface area contributed by atoms with Crippen LogP contribution in [0.5, 0.6) is 0 Å². The molecular formula is C102H130N14O19. The number of para-hydroxylation sites is 4. The van der Waals surface area contributed by atoms with E-state index in [0.717, 1.165) is 69.0 Å². The lowest BCUT2D eigenvalue weighted by atomic mass is 9.97. The Labute approximate surface area is 789 Å². The number of carbonyl (C=O) groups is 13. The molecule has 6 unspecified atom stereocenters. The maximum Gasteiger partial charge on any atom is 0.323 e. The number of aryl methyl sites for hydroxylation is 4. The van der Waals surface area contributed by atoms with E-state index in [1.807, 2.05) is 160 Å². The van der Waals surface area contributed by atoms with Crippen LogP contribution in [0.3, 0.4) is 0 Å². The Hall–Kier alpha value is -14.6. The van der Waals surface area contributed by atoms with Crippen molar-refractivity contribution in [2.45, 2.75) is 190 Å².